The van der Waals surface area contributed by atoms with Gasteiger partial charge in [-0.2, -0.15) is 0 Å². The topological polar surface area (TPSA) is 66.7 Å². The van der Waals surface area contributed by atoms with Crippen molar-refractivity contribution >= 4 is 18.0 Å². The lowest BCUT2D eigenvalue weighted by Crippen LogP contribution is -2.19. The van der Waals surface area contributed by atoms with E-state index in [1.165, 1.54) is 0 Å². The van der Waals surface area contributed by atoms with Crippen LogP contribution in [0.1, 0.15) is 23.5 Å². The minimum absolute atomic E-state index is 0.0180. The first-order chi connectivity index (χ1) is 7.68. The molecule has 0 fully saturated rings. The minimum Gasteiger partial charge on any atom is -0.476 e. The van der Waals surface area contributed by atoms with Gasteiger partial charge in [-0.15, -0.1) is 0 Å². The summed E-state index contributed by atoms with van der Waals surface area (Å²) in [4.78, 5) is 25.8. The highest BCUT2D eigenvalue weighted by atomic mass is 16.4. The predicted octanol–water partition coefficient (Wildman–Crippen LogP) is 1.40. The maximum Gasteiger partial charge on any atom is 0.372 e. The van der Waals surface area contributed by atoms with Crippen molar-refractivity contribution in [3.8, 4) is 0 Å². The van der Waals surface area contributed by atoms with Crippen molar-refractivity contribution < 1.29 is 14.7 Å². The van der Waals surface area contributed by atoms with E-state index in [9.17, 15) is 9.59 Å². The third-order valence-corrected chi connectivity index (χ3v) is 2.65. The zero-order chi connectivity index (χ0) is 11.5. The van der Waals surface area contributed by atoms with E-state index in [1.807, 2.05) is 24.3 Å². The highest BCUT2D eigenvalue weighted by Crippen LogP contribution is 2.26. The number of ketones is 1. The molecule has 0 aromatic heterocycles. The lowest BCUT2D eigenvalue weighted by molar-refractivity contribution is -0.149. The van der Waals surface area contributed by atoms with E-state index < -0.39 is 11.8 Å². The molecule has 0 radical (unpaired) electrons. The summed E-state index contributed by atoms with van der Waals surface area (Å²) in [6.07, 6.45) is 1.65. The summed E-state index contributed by atoms with van der Waals surface area (Å²) in [5, 5.41) is 8.57. The number of carbonyl (C=O) groups is 2. The molecule has 2 rings (SSSR count). The first-order valence-corrected chi connectivity index (χ1v) is 5.02. The minimum atomic E-state index is -1.38. The van der Waals surface area contributed by atoms with Gasteiger partial charge in [0, 0.05) is 18.6 Å². The lowest BCUT2D eigenvalue weighted by atomic mass is 9.89. The van der Waals surface area contributed by atoms with E-state index in [2.05, 4.69) is 4.99 Å². The molecule has 0 saturated heterocycles. The zero-order valence-corrected chi connectivity index (χ0v) is 8.59. The summed E-state index contributed by atoms with van der Waals surface area (Å²) in [6.45, 7) is 0.605. The van der Waals surface area contributed by atoms with Crippen LogP contribution in [0.25, 0.3) is 0 Å². The van der Waals surface area contributed by atoms with Gasteiger partial charge < -0.3 is 5.11 Å². The molecule has 1 N–H and O–H groups in total. The monoisotopic (exact) mass is 217 g/mol. The Bertz CT molecular complexity index is 465. The number of rotatable bonds is 3. The number of aliphatic imine (C=N–C) groups is 1. The normalized spacial score (nSPS) is 17.9. The van der Waals surface area contributed by atoms with Crippen molar-refractivity contribution in [3.05, 3.63) is 35.4 Å². The second-order valence-corrected chi connectivity index (χ2v) is 3.73. The number of carbonyl (C=O) groups excluding carboxylic acids is 1. The van der Waals surface area contributed by atoms with E-state index in [0.29, 0.717) is 6.54 Å². The van der Waals surface area contributed by atoms with Crippen LogP contribution in [0.4, 0.5) is 0 Å². The molecule has 0 saturated carbocycles. The second kappa shape index (κ2) is 4.26. The van der Waals surface area contributed by atoms with Crippen molar-refractivity contribution in [3.63, 3.8) is 0 Å². The Labute approximate surface area is 92.6 Å². The van der Waals surface area contributed by atoms with Gasteiger partial charge in [0.25, 0.3) is 0 Å². The Hall–Kier alpha value is -1.97. The maximum absolute atomic E-state index is 11.2. The van der Waals surface area contributed by atoms with Crippen LogP contribution in [-0.2, 0) is 16.1 Å². The van der Waals surface area contributed by atoms with E-state index in [4.69, 9.17) is 5.11 Å². The van der Waals surface area contributed by atoms with Gasteiger partial charge in [-0.25, -0.2) is 4.79 Å². The Morgan fingerprint density at radius 3 is 2.88 bits per heavy atom. The molecule has 4 heteroatoms. The van der Waals surface area contributed by atoms with Crippen LogP contribution in [0.2, 0.25) is 0 Å². The lowest BCUT2D eigenvalue weighted by Gasteiger charge is -2.18. The van der Waals surface area contributed by atoms with Gasteiger partial charge in [0.1, 0.15) is 0 Å². The molecule has 16 heavy (non-hydrogen) atoms. The van der Waals surface area contributed by atoms with Gasteiger partial charge >= 0.3 is 5.97 Å². The number of carboxylic acids is 1. The van der Waals surface area contributed by atoms with Crippen molar-refractivity contribution in [2.24, 2.45) is 4.99 Å². The fourth-order valence-corrected chi connectivity index (χ4v) is 1.85. The molecule has 1 aromatic rings. The molecule has 4 nitrogen and oxygen atoms in total. The fourth-order valence-electron chi connectivity index (χ4n) is 1.85. The molecule has 1 heterocycles. The Kier molecular flexibility index (Phi) is 2.81. The molecule has 1 unspecified atom stereocenters. The van der Waals surface area contributed by atoms with E-state index in [1.54, 1.807) is 6.21 Å². The molecule has 1 aliphatic rings. The van der Waals surface area contributed by atoms with Gasteiger partial charge in [0.2, 0.25) is 5.78 Å². The predicted molar refractivity (Wildman–Crippen MR) is 58.6 cm³/mol. The number of benzene rings is 1. The van der Waals surface area contributed by atoms with Crippen LogP contribution in [0.3, 0.4) is 0 Å². The van der Waals surface area contributed by atoms with E-state index in [-0.39, 0.29) is 12.3 Å². The summed E-state index contributed by atoms with van der Waals surface area (Å²) >= 11 is 0. The van der Waals surface area contributed by atoms with Gasteiger partial charge in [-0.3, -0.25) is 9.79 Å². The van der Waals surface area contributed by atoms with Crippen LogP contribution in [0.15, 0.2) is 29.3 Å². The van der Waals surface area contributed by atoms with Crippen LogP contribution in [0.5, 0.6) is 0 Å². The van der Waals surface area contributed by atoms with Crippen LogP contribution >= 0.6 is 0 Å². The molecule has 0 bridgehead atoms. The highest BCUT2D eigenvalue weighted by Gasteiger charge is 2.22. The SMILES string of the molecule is O=C(O)C(=O)CC1C=NCc2ccccc21. The Balaban J connectivity index is 2.23. The molecule has 1 aliphatic heterocycles. The molecule has 0 aliphatic carbocycles. The van der Waals surface area contributed by atoms with Crippen LogP contribution in [-0.4, -0.2) is 23.1 Å². The van der Waals surface area contributed by atoms with Crippen LogP contribution in [0, 0.1) is 0 Å². The Morgan fingerprint density at radius 1 is 1.38 bits per heavy atom. The molecule has 0 spiro atoms. The van der Waals surface area contributed by atoms with Gasteiger partial charge in [-0.05, 0) is 11.1 Å². The largest absolute Gasteiger partial charge is 0.476 e. The smallest absolute Gasteiger partial charge is 0.372 e. The number of aliphatic carboxylic acids is 1. The summed E-state index contributed by atoms with van der Waals surface area (Å²) < 4.78 is 0. The number of hydrogen-bond acceptors (Lipinski definition) is 3. The van der Waals surface area contributed by atoms with E-state index >= 15 is 0 Å². The second-order valence-electron chi connectivity index (χ2n) is 3.73. The summed E-state index contributed by atoms with van der Waals surface area (Å²) in [6, 6.07) is 7.66. The average Bonchev–Trinajstić information content (AvgIpc) is 2.29. The first-order valence-electron chi connectivity index (χ1n) is 5.02. The number of carboxylic acid groups (broad SMARTS) is 1. The maximum atomic E-state index is 11.2. The summed E-state index contributed by atoms with van der Waals surface area (Å²) in [5.41, 5.74) is 2.07. The fraction of sp³-hybridized carbons (Fsp3) is 0.250. The summed E-state index contributed by atoms with van der Waals surface area (Å²) in [5.74, 6) is -2.35. The Morgan fingerprint density at radius 2 is 2.12 bits per heavy atom. The van der Waals surface area contributed by atoms with Crippen molar-refractivity contribution in [1.82, 2.24) is 0 Å². The van der Waals surface area contributed by atoms with E-state index in [0.717, 1.165) is 11.1 Å². The van der Waals surface area contributed by atoms with Gasteiger partial charge in [0.05, 0.1) is 6.54 Å². The molecule has 0 amide bonds. The number of Topliss-reactive ketones (excluding diaryl/α,β-unsaturated/α-hetero) is 1. The quantitative estimate of drug-likeness (QED) is 0.778. The average molecular weight is 217 g/mol. The zero-order valence-electron chi connectivity index (χ0n) is 8.59. The number of fused-ring (bicyclic) bond motifs is 1. The number of hydrogen-bond donors (Lipinski definition) is 1. The summed E-state index contributed by atoms with van der Waals surface area (Å²) in [7, 11) is 0. The van der Waals surface area contributed by atoms with Crippen LogP contribution < -0.4 is 0 Å². The molecule has 1 aromatic carbocycles. The van der Waals surface area contributed by atoms with Crippen molar-refractivity contribution in [2.45, 2.75) is 18.9 Å². The van der Waals surface area contributed by atoms with Crippen molar-refractivity contribution in [2.75, 3.05) is 0 Å². The standard InChI is InChI=1S/C12H11NO3/c14-11(12(15)16)5-9-7-13-6-8-3-1-2-4-10(8)9/h1-4,7,9H,5-6H2,(H,15,16). The first kappa shape index (κ1) is 10.5. The third-order valence-electron chi connectivity index (χ3n) is 2.65. The molecular formula is C12H11NO3. The number of nitrogens with zero attached hydrogens (tertiary/aromatic N) is 1. The van der Waals surface area contributed by atoms with Gasteiger partial charge in [0.15, 0.2) is 0 Å². The molecule has 1 atom stereocenters. The molecular weight excluding hydrogens is 206 g/mol. The van der Waals surface area contributed by atoms with Crippen molar-refractivity contribution in [1.29, 1.82) is 0 Å². The molecule has 82 valence electrons. The third kappa shape index (κ3) is 2.00. The van der Waals surface area contributed by atoms with Gasteiger partial charge in [-0.1, -0.05) is 24.3 Å². The highest BCUT2D eigenvalue weighted by molar-refractivity contribution is 6.33.